The van der Waals surface area contributed by atoms with E-state index in [9.17, 15) is 4.79 Å². The largest absolute Gasteiger partial charge is 0.461 e. The average Bonchev–Trinajstić information content (AvgIpc) is 2.51. The van der Waals surface area contributed by atoms with E-state index < -0.39 is 0 Å². The summed E-state index contributed by atoms with van der Waals surface area (Å²) in [6.45, 7) is 10.6. The Bertz CT molecular complexity index is 382. The highest BCUT2D eigenvalue weighted by molar-refractivity contribution is 14.1. The minimum atomic E-state index is -0.0529. The number of hydrogen-bond donors (Lipinski definition) is 0. The smallest absolute Gasteiger partial charge is 0.320 e. The quantitative estimate of drug-likeness (QED) is 0.398. The van der Waals surface area contributed by atoms with E-state index in [1.54, 1.807) is 0 Å². The van der Waals surface area contributed by atoms with E-state index in [4.69, 9.17) is 9.47 Å². The minimum Gasteiger partial charge on any atom is -0.461 e. The Morgan fingerprint density at radius 1 is 1.27 bits per heavy atom. The number of morpholine rings is 1. The summed E-state index contributed by atoms with van der Waals surface area (Å²) in [5.74, 6) is 1.92. The van der Waals surface area contributed by atoms with E-state index in [2.05, 4.69) is 48.3 Å². The second kappa shape index (κ2) is 7.79. The Morgan fingerprint density at radius 3 is 2.45 bits per heavy atom. The maximum absolute atomic E-state index is 12.1. The van der Waals surface area contributed by atoms with E-state index in [0.29, 0.717) is 17.9 Å². The zero-order chi connectivity index (χ0) is 16.3. The van der Waals surface area contributed by atoms with E-state index >= 15 is 0 Å². The molecule has 0 spiro atoms. The van der Waals surface area contributed by atoms with Crippen LogP contribution in [0.5, 0.6) is 0 Å². The van der Waals surface area contributed by atoms with Gasteiger partial charge in [0.05, 0.1) is 19.8 Å². The number of fused-ring (bicyclic) bond motifs is 2. The second-order valence-corrected chi connectivity index (χ2v) is 7.37. The molecule has 3 saturated carbocycles. The van der Waals surface area contributed by atoms with Crippen molar-refractivity contribution in [2.45, 2.75) is 39.7 Å². The summed E-state index contributed by atoms with van der Waals surface area (Å²) >= 11 is 2.15. The van der Waals surface area contributed by atoms with Gasteiger partial charge in [0.15, 0.2) is 0 Å². The number of hydrogen-bond acceptors (Lipinski definition) is 4. The van der Waals surface area contributed by atoms with Gasteiger partial charge in [-0.25, -0.2) is 0 Å². The summed E-state index contributed by atoms with van der Waals surface area (Å²) in [6, 6.07) is 0. The fourth-order valence-corrected chi connectivity index (χ4v) is 4.41. The maximum atomic E-state index is 12.1. The van der Waals surface area contributed by atoms with E-state index in [1.807, 2.05) is 4.93 Å². The third-order valence-electron chi connectivity index (χ3n) is 6.02. The molecule has 0 aromatic heterocycles. The van der Waals surface area contributed by atoms with Gasteiger partial charge in [-0.3, -0.25) is 9.69 Å². The van der Waals surface area contributed by atoms with Crippen LogP contribution in [0, 0.1) is 23.2 Å². The normalized spacial score (nSPS) is 36.6. The molecule has 0 N–H and O–H groups in total. The lowest BCUT2D eigenvalue weighted by atomic mass is 9.45. The van der Waals surface area contributed by atoms with Crippen LogP contribution in [0.25, 0.3) is 0 Å². The number of carbonyl (C=O) groups is 1. The molecule has 0 amide bonds. The summed E-state index contributed by atoms with van der Waals surface area (Å²) < 4.78 is 11.1. The number of carbonyl (C=O) groups excluding carboxylic acids is 1. The second-order valence-electron chi connectivity index (χ2n) is 7.37. The summed E-state index contributed by atoms with van der Waals surface area (Å²) in [5.41, 5.74) is 0.451. The standard InChI is InChI=1S/C16H27NO3.CH3I/c1-11-13-8-12(16(13,2)3)9-14(11)20-15(18)10-17-4-6-19-7-5-17;1-2/h11-14H,4-10H2,1-3H3;1H3/t11-,12+,13-,14-;/m1./s1. The molecule has 1 aliphatic heterocycles. The zero-order valence-corrected chi connectivity index (χ0v) is 16.5. The van der Waals surface area contributed by atoms with Crippen molar-refractivity contribution in [1.82, 2.24) is 4.90 Å². The Kier molecular flexibility index (Phi) is 6.54. The molecular weight excluding hydrogens is 393 g/mol. The topological polar surface area (TPSA) is 38.8 Å². The lowest BCUT2D eigenvalue weighted by Gasteiger charge is -2.61. The van der Waals surface area contributed by atoms with Gasteiger partial charge in [0, 0.05) is 13.1 Å². The first-order valence-corrected chi connectivity index (χ1v) is 10.5. The molecule has 0 aromatic rings. The van der Waals surface area contributed by atoms with Crippen molar-refractivity contribution >= 4 is 28.6 Å². The molecule has 4 fully saturated rings. The molecule has 0 aromatic carbocycles. The van der Waals surface area contributed by atoms with E-state index in [-0.39, 0.29) is 12.1 Å². The average molecular weight is 423 g/mol. The summed E-state index contributed by atoms with van der Waals surface area (Å²) in [5, 5.41) is 0. The maximum Gasteiger partial charge on any atom is 0.320 e. The number of halogens is 1. The third kappa shape index (κ3) is 3.78. The predicted octanol–water partition coefficient (Wildman–Crippen LogP) is 2.98. The molecule has 2 bridgehead atoms. The number of nitrogens with zero attached hydrogens (tertiary/aromatic N) is 1. The lowest BCUT2D eigenvalue weighted by molar-refractivity contribution is -0.187. The molecule has 0 unspecified atom stereocenters. The molecule has 4 aliphatic rings. The van der Waals surface area contributed by atoms with E-state index in [0.717, 1.165) is 44.6 Å². The van der Waals surface area contributed by atoms with Gasteiger partial charge in [-0.15, -0.1) is 0 Å². The van der Waals surface area contributed by atoms with Gasteiger partial charge in [-0.1, -0.05) is 43.4 Å². The van der Waals surface area contributed by atoms with Crippen molar-refractivity contribution < 1.29 is 14.3 Å². The van der Waals surface area contributed by atoms with Crippen LogP contribution in [0.1, 0.15) is 33.6 Å². The molecule has 4 rings (SSSR count). The molecule has 1 saturated heterocycles. The Balaban J connectivity index is 0.000000847. The van der Waals surface area contributed by atoms with Gasteiger partial charge in [0.2, 0.25) is 0 Å². The summed E-state index contributed by atoms with van der Waals surface area (Å²) in [7, 11) is 0. The van der Waals surface area contributed by atoms with Crippen LogP contribution < -0.4 is 0 Å². The third-order valence-corrected chi connectivity index (χ3v) is 6.02. The van der Waals surface area contributed by atoms with Crippen LogP contribution in [0.3, 0.4) is 0 Å². The van der Waals surface area contributed by atoms with Crippen molar-refractivity contribution in [2.24, 2.45) is 23.2 Å². The SMILES string of the molecule is CI.C[C@@H]1[C@H]2C[C@@H](C[C@H]1OC(=O)CN1CCOCC1)C2(C)C. The molecule has 128 valence electrons. The highest BCUT2D eigenvalue weighted by Crippen LogP contribution is 2.61. The van der Waals surface area contributed by atoms with Crippen molar-refractivity contribution in [3.05, 3.63) is 0 Å². The first-order chi connectivity index (χ1) is 10.5. The number of alkyl halides is 1. The fraction of sp³-hybridized carbons (Fsp3) is 0.941. The molecule has 4 atom stereocenters. The van der Waals surface area contributed by atoms with Crippen LogP contribution in [0.4, 0.5) is 0 Å². The van der Waals surface area contributed by atoms with Crippen LogP contribution in [0.2, 0.25) is 0 Å². The van der Waals surface area contributed by atoms with Gasteiger partial charge < -0.3 is 9.47 Å². The molecule has 5 heteroatoms. The minimum absolute atomic E-state index is 0.0529. The number of esters is 1. The number of ether oxygens (including phenoxy) is 2. The number of rotatable bonds is 3. The molecule has 4 nitrogen and oxygen atoms in total. The fourth-order valence-electron chi connectivity index (χ4n) is 4.41. The van der Waals surface area contributed by atoms with Crippen LogP contribution in [-0.4, -0.2) is 54.8 Å². The zero-order valence-electron chi connectivity index (χ0n) is 14.3. The van der Waals surface area contributed by atoms with Crippen molar-refractivity contribution in [3.63, 3.8) is 0 Å². The molecule has 3 aliphatic carbocycles. The Hall–Kier alpha value is 0.120. The van der Waals surface area contributed by atoms with Gasteiger partial charge in [0.1, 0.15) is 6.10 Å². The van der Waals surface area contributed by atoms with Crippen LogP contribution in [0.15, 0.2) is 0 Å². The van der Waals surface area contributed by atoms with Crippen LogP contribution in [-0.2, 0) is 14.3 Å². The Morgan fingerprint density at radius 2 is 1.91 bits per heavy atom. The molecular formula is C17H30INO3. The highest BCUT2D eigenvalue weighted by atomic mass is 127. The first-order valence-electron chi connectivity index (χ1n) is 8.36. The summed E-state index contributed by atoms with van der Waals surface area (Å²) in [6.07, 6.45) is 2.52. The van der Waals surface area contributed by atoms with Crippen molar-refractivity contribution in [3.8, 4) is 0 Å². The van der Waals surface area contributed by atoms with Gasteiger partial charge >= 0.3 is 5.97 Å². The predicted molar refractivity (Wildman–Crippen MR) is 96.2 cm³/mol. The van der Waals surface area contributed by atoms with Crippen molar-refractivity contribution in [1.29, 1.82) is 0 Å². The van der Waals surface area contributed by atoms with Crippen LogP contribution >= 0.6 is 22.6 Å². The molecule has 0 radical (unpaired) electrons. The first kappa shape index (κ1) is 18.5. The van der Waals surface area contributed by atoms with Crippen molar-refractivity contribution in [2.75, 3.05) is 37.8 Å². The summed E-state index contributed by atoms with van der Waals surface area (Å²) in [4.78, 5) is 16.2. The van der Waals surface area contributed by atoms with Gasteiger partial charge in [-0.2, -0.15) is 0 Å². The van der Waals surface area contributed by atoms with E-state index in [1.165, 1.54) is 6.42 Å². The van der Waals surface area contributed by atoms with Gasteiger partial charge in [0.25, 0.3) is 0 Å². The molecule has 22 heavy (non-hydrogen) atoms. The molecule has 1 heterocycles. The van der Waals surface area contributed by atoms with Gasteiger partial charge in [-0.05, 0) is 40.9 Å². The monoisotopic (exact) mass is 423 g/mol. The Labute approximate surface area is 148 Å². The lowest BCUT2D eigenvalue weighted by Crippen LogP contribution is -2.57. The highest BCUT2D eigenvalue weighted by Gasteiger charge is 2.57.